The molecular weight excluding hydrogens is 604 g/mol. The van der Waals surface area contributed by atoms with Gasteiger partial charge in [0.15, 0.2) is 11.5 Å². The molecule has 3 amide bonds. The van der Waals surface area contributed by atoms with Crippen molar-refractivity contribution < 1.29 is 57.4 Å². The molecule has 1 aromatic carbocycles. The number of rotatable bonds is 22. The molecule has 2 rings (SSSR count). The minimum absolute atomic E-state index is 0.0340. The van der Waals surface area contributed by atoms with Crippen molar-refractivity contribution in [1.82, 2.24) is 10.4 Å². The molecule has 45 heavy (non-hydrogen) atoms. The highest BCUT2D eigenvalue weighted by Crippen LogP contribution is 2.38. The van der Waals surface area contributed by atoms with Crippen LogP contribution in [0.15, 0.2) is 17.2 Å². The number of hydroxylamine groups is 2. The number of carbonyl (C=O) groups is 4. The molecule has 0 aliphatic carbocycles. The van der Waals surface area contributed by atoms with E-state index in [1.165, 1.54) is 20.1 Å². The standard InChI is InChI=1S/C26H36N6O13/c1-18(44-26(36)45-31-24(34)5-6-25(31)35)19-16-21(39-2)22(17-20(19)32(37)38)43-9-3-4-23(33)28-7-10-40-12-14-42-15-13-41-11-8-29-30-27/h16-18H,3-15H2,1-2H3,(H,28,33). The van der Waals surface area contributed by atoms with E-state index >= 15 is 0 Å². The Bertz CT molecular complexity index is 1210. The van der Waals surface area contributed by atoms with E-state index < -0.39 is 34.7 Å². The average Bonchev–Trinajstić information content (AvgIpc) is 3.33. The molecule has 1 aromatic rings. The summed E-state index contributed by atoms with van der Waals surface area (Å²) in [5.74, 6) is -1.51. The third kappa shape index (κ3) is 13.2. The van der Waals surface area contributed by atoms with Gasteiger partial charge in [-0.1, -0.05) is 10.2 Å². The van der Waals surface area contributed by atoms with Gasteiger partial charge < -0.3 is 33.7 Å². The molecule has 248 valence electrons. The maximum absolute atomic E-state index is 12.1. The molecule has 0 bridgehead atoms. The van der Waals surface area contributed by atoms with Crippen molar-refractivity contribution in [3.05, 3.63) is 38.3 Å². The Morgan fingerprint density at radius 1 is 1.04 bits per heavy atom. The average molecular weight is 641 g/mol. The number of ether oxygens (including phenoxy) is 6. The topological polar surface area (TPSA) is 240 Å². The highest BCUT2D eigenvalue weighted by Gasteiger charge is 2.34. The van der Waals surface area contributed by atoms with E-state index in [4.69, 9.17) is 34.0 Å². The van der Waals surface area contributed by atoms with Crippen molar-refractivity contribution in [2.75, 3.05) is 66.4 Å². The lowest BCUT2D eigenvalue weighted by atomic mass is 10.1. The van der Waals surface area contributed by atoms with Gasteiger partial charge >= 0.3 is 6.16 Å². The first-order valence-corrected chi connectivity index (χ1v) is 13.9. The number of nitrogens with one attached hydrogen (secondary N) is 1. The summed E-state index contributed by atoms with van der Waals surface area (Å²) in [6.07, 6.45) is -2.41. The molecular formula is C26H36N6O13. The molecule has 19 heteroatoms. The van der Waals surface area contributed by atoms with Crippen LogP contribution < -0.4 is 14.8 Å². The number of nitro groups is 1. The first-order chi connectivity index (χ1) is 21.7. The molecule has 1 saturated heterocycles. The van der Waals surface area contributed by atoms with Gasteiger partial charge in [-0.2, -0.15) is 0 Å². The molecule has 19 nitrogen and oxygen atoms in total. The fourth-order valence-corrected chi connectivity index (χ4v) is 3.74. The summed E-state index contributed by atoms with van der Waals surface area (Å²) in [6.45, 7) is 3.99. The van der Waals surface area contributed by atoms with Crippen molar-refractivity contribution in [3.8, 4) is 11.5 Å². The third-order valence-electron chi connectivity index (χ3n) is 5.91. The van der Waals surface area contributed by atoms with Crippen LogP contribution in [0.5, 0.6) is 11.5 Å². The molecule has 0 saturated carbocycles. The minimum Gasteiger partial charge on any atom is -0.493 e. The van der Waals surface area contributed by atoms with Gasteiger partial charge in [0.1, 0.15) is 6.10 Å². The fraction of sp³-hybridized carbons (Fsp3) is 0.615. The van der Waals surface area contributed by atoms with Gasteiger partial charge in [-0.15, -0.1) is 0 Å². The van der Waals surface area contributed by atoms with Gasteiger partial charge in [-0.3, -0.25) is 29.3 Å². The molecule has 1 unspecified atom stereocenters. The minimum atomic E-state index is -1.39. The van der Waals surface area contributed by atoms with Crippen LogP contribution in [-0.4, -0.2) is 100 Å². The molecule has 1 fully saturated rings. The molecule has 0 radical (unpaired) electrons. The van der Waals surface area contributed by atoms with Crippen molar-refractivity contribution in [2.45, 2.75) is 38.7 Å². The van der Waals surface area contributed by atoms with Crippen LogP contribution in [0, 0.1) is 10.1 Å². The Balaban J connectivity index is 1.71. The van der Waals surface area contributed by atoms with Crippen LogP contribution in [0.25, 0.3) is 10.4 Å². The molecule has 0 spiro atoms. The van der Waals surface area contributed by atoms with Crippen molar-refractivity contribution >= 4 is 29.6 Å². The summed E-state index contributed by atoms with van der Waals surface area (Å²) in [5, 5.41) is 18.1. The Hall–Kier alpha value is -4.71. The lowest BCUT2D eigenvalue weighted by Gasteiger charge is -2.18. The molecule has 1 atom stereocenters. The fourth-order valence-electron chi connectivity index (χ4n) is 3.74. The Kier molecular flexibility index (Phi) is 16.4. The number of nitrogens with zero attached hydrogens (tertiary/aromatic N) is 5. The summed E-state index contributed by atoms with van der Waals surface area (Å²) < 4.78 is 31.9. The second-order valence-corrected chi connectivity index (χ2v) is 9.10. The number of benzene rings is 1. The van der Waals surface area contributed by atoms with E-state index in [0.29, 0.717) is 51.1 Å². The van der Waals surface area contributed by atoms with E-state index in [1.807, 2.05) is 0 Å². The predicted octanol–water partition coefficient (Wildman–Crippen LogP) is 2.52. The number of nitro benzene ring substituents is 1. The Morgan fingerprint density at radius 3 is 2.31 bits per heavy atom. The van der Waals surface area contributed by atoms with E-state index in [0.717, 1.165) is 6.07 Å². The lowest BCUT2D eigenvalue weighted by molar-refractivity contribution is -0.386. The van der Waals surface area contributed by atoms with E-state index in [-0.39, 0.29) is 62.0 Å². The second-order valence-electron chi connectivity index (χ2n) is 9.10. The highest BCUT2D eigenvalue weighted by molar-refractivity contribution is 6.01. The van der Waals surface area contributed by atoms with Gasteiger partial charge in [0.2, 0.25) is 5.91 Å². The van der Waals surface area contributed by atoms with Crippen LogP contribution in [-0.2, 0) is 38.2 Å². The monoisotopic (exact) mass is 640 g/mol. The molecule has 1 heterocycles. The predicted molar refractivity (Wildman–Crippen MR) is 151 cm³/mol. The zero-order valence-corrected chi connectivity index (χ0v) is 25.0. The van der Waals surface area contributed by atoms with E-state index in [1.54, 1.807) is 0 Å². The summed E-state index contributed by atoms with van der Waals surface area (Å²) in [5.41, 5.74) is 7.65. The van der Waals surface area contributed by atoms with Gasteiger partial charge in [-0.05, 0) is 24.9 Å². The van der Waals surface area contributed by atoms with E-state index in [9.17, 15) is 29.3 Å². The smallest absolute Gasteiger partial charge is 0.493 e. The first-order valence-electron chi connectivity index (χ1n) is 13.9. The Morgan fingerprint density at radius 2 is 1.69 bits per heavy atom. The first kappa shape index (κ1) is 36.5. The number of carbonyl (C=O) groups excluding carboxylic acids is 4. The maximum atomic E-state index is 12.1. The van der Waals surface area contributed by atoms with Gasteiger partial charge in [0.05, 0.1) is 69.9 Å². The van der Waals surface area contributed by atoms with Crippen molar-refractivity contribution in [1.29, 1.82) is 0 Å². The van der Waals surface area contributed by atoms with Gasteiger partial charge in [-0.25, -0.2) is 4.79 Å². The quantitative estimate of drug-likeness (QED) is 0.0280. The zero-order valence-electron chi connectivity index (χ0n) is 25.0. The summed E-state index contributed by atoms with van der Waals surface area (Å²) in [6, 6.07) is 2.37. The Labute approximate surface area is 257 Å². The number of methoxy groups -OCH3 is 1. The number of azide groups is 1. The second kappa shape index (κ2) is 20.3. The normalized spacial score (nSPS) is 13.2. The van der Waals surface area contributed by atoms with Crippen LogP contribution in [0.2, 0.25) is 0 Å². The molecule has 1 aliphatic heterocycles. The van der Waals surface area contributed by atoms with Crippen LogP contribution in [0.3, 0.4) is 0 Å². The van der Waals surface area contributed by atoms with Gasteiger partial charge in [0, 0.05) is 37.3 Å². The van der Waals surface area contributed by atoms with Crippen LogP contribution >= 0.6 is 0 Å². The van der Waals surface area contributed by atoms with Gasteiger partial charge in [0.25, 0.3) is 17.5 Å². The summed E-state index contributed by atoms with van der Waals surface area (Å²) in [4.78, 5) is 65.8. The molecule has 0 aromatic heterocycles. The molecule has 1 aliphatic rings. The van der Waals surface area contributed by atoms with Crippen molar-refractivity contribution in [3.63, 3.8) is 0 Å². The lowest BCUT2D eigenvalue weighted by Crippen LogP contribution is -2.32. The third-order valence-corrected chi connectivity index (χ3v) is 5.91. The van der Waals surface area contributed by atoms with Crippen LogP contribution in [0.1, 0.15) is 44.3 Å². The molecule has 1 N–H and O–H groups in total. The highest BCUT2D eigenvalue weighted by atomic mass is 16.8. The van der Waals surface area contributed by atoms with E-state index in [2.05, 4.69) is 20.2 Å². The summed E-state index contributed by atoms with van der Waals surface area (Å²) in [7, 11) is 1.31. The van der Waals surface area contributed by atoms with Crippen LogP contribution in [0.4, 0.5) is 10.5 Å². The number of imide groups is 1. The SMILES string of the molecule is COc1cc(C(C)OC(=O)ON2C(=O)CCC2=O)c([N+](=O)[O-])cc1OCCCC(=O)NCCOCCOCCOCCN=[N+]=[N-]. The zero-order chi connectivity index (χ0) is 33.0. The number of hydrogen-bond acceptors (Lipinski definition) is 14. The number of amides is 3. The number of hydrogen-bond donors (Lipinski definition) is 1. The maximum Gasteiger partial charge on any atom is 0.534 e. The summed E-state index contributed by atoms with van der Waals surface area (Å²) >= 11 is 0. The van der Waals surface area contributed by atoms with Crippen molar-refractivity contribution in [2.24, 2.45) is 5.11 Å². The largest absolute Gasteiger partial charge is 0.534 e.